The molecular formula is C30H35N7O3. The van der Waals surface area contributed by atoms with Crippen molar-refractivity contribution >= 4 is 28.6 Å². The van der Waals surface area contributed by atoms with Crippen LogP contribution in [0.1, 0.15) is 48.2 Å². The highest BCUT2D eigenvalue weighted by Gasteiger charge is 2.28. The summed E-state index contributed by atoms with van der Waals surface area (Å²) in [7, 11) is 1.87. The summed E-state index contributed by atoms with van der Waals surface area (Å²) in [4.78, 5) is 23.3. The number of nitrogens with zero attached hydrogens (tertiary/aromatic N) is 5. The van der Waals surface area contributed by atoms with Gasteiger partial charge in [-0.1, -0.05) is 12.8 Å². The van der Waals surface area contributed by atoms with Crippen LogP contribution in [0, 0.1) is 18.8 Å². The van der Waals surface area contributed by atoms with E-state index in [1.807, 2.05) is 14.0 Å². The summed E-state index contributed by atoms with van der Waals surface area (Å²) >= 11 is 0. The van der Waals surface area contributed by atoms with Gasteiger partial charge in [0.2, 0.25) is 11.8 Å². The number of rotatable bonds is 4. The number of aryl methyl sites for hydroxylation is 2. The van der Waals surface area contributed by atoms with Gasteiger partial charge in [-0.05, 0) is 68.4 Å². The summed E-state index contributed by atoms with van der Waals surface area (Å²) in [6.07, 6.45) is 7.51. The Bertz CT molecular complexity index is 1570. The van der Waals surface area contributed by atoms with E-state index in [-0.39, 0.29) is 5.91 Å². The number of ether oxygens (including phenoxy) is 2. The number of amides is 1. The van der Waals surface area contributed by atoms with E-state index in [0.717, 1.165) is 53.3 Å². The first-order valence-electron chi connectivity index (χ1n) is 14.3. The van der Waals surface area contributed by atoms with Gasteiger partial charge in [-0.3, -0.25) is 15.1 Å². The largest absolute Gasteiger partial charge is 0.477 e. The molecular weight excluding hydrogens is 506 g/mol. The molecule has 4 aromatic rings. The fraction of sp³-hybridized carbons (Fsp3) is 0.467. The molecule has 1 unspecified atom stereocenters. The quantitative estimate of drug-likeness (QED) is 0.382. The maximum atomic E-state index is 13.7. The molecule has 1 aliphatic carbocycles. The van der Waals surface area contributed by atoms with Crippen molar-refractivity contribution in [3.05, 3.63) is 47.8 Å². The second kappa shape index (κ2) is 10.2. The predicted octanol–water partition coefficient (Wildman–Crippen LogP) is 4.79. The molecule has 2 aliphatic heterocycles. The number of carbonyl (C=O) groups is 1. The van der Waals surface area contributed by atoms with Crippen LogP contribution < -0.4 is 15.4 Å². The fourth-order valence-electron chi connectivity index (χ4n) is 5.85. The number of imidazole rings is 1. The van der Waals surface area contributed by atoms with E-state index in [1.54, 1.807) is 23.0 Å². The van der Waals surface area contributed by atoms with E-state index < -0.39 is 0 Å². The zero-order chi connectivity index (χ0) is 27.2. The monoisotopic (exact) mass is 541 g/mol. The number of aromatic nitrogens is 5. The van der Waals surface area contributed by atoms with Crippen molar-refractivity contribution < 1.29 is 14.3 Å². The number of hydrogen-bond acceptors (Lipinski definition) is 7. The van der Waals surface area contributed by atoms with Gasteiger partial charge in [0.25, 0.3) is 5.91 Å². The first-order chi connectivity index (χ1) is 19.5. The van der Waals surface area contributed by atoms with Crippen LogP contribution in [0.5, 0.6) is 5.88 Å². The van der Waals surface area contributed by atoms with Crippen LogP contribution in [0.15, 0.2) is 36.5 Å². The lowest BCUT2D eigenvalue weighted by molar-refractivity contribution is 0.0211. The SMILES string of the molecule is Cc1cc2cc(n1)-c1cnn(C)c1OCCCC(CC1CC1)Cn1c(nc3cc(NC4COC4)ccc31)NC2=O. The fourth-order valence-corrected chi connectivity index (χ4v) is 5.85. The highest BCUT2D eigenvalue weighted by molar-refractivity contribution is 6.05. The van der Waals surface area contributed by atoms with Gasteiger partial charge in [-0.25, -0.2) is 9.67 Å². The maximum Gasteiger partial charge on any atom is 0.258 e. The number of anilines is 2. The average molecular weight is 542 g/mol. The van der Waals surface area contributed by atoms with Crippen molar-refractivity contribution in [3.63, 3.8) is 0 Å². The molecule has 5 heterocycles. The minimum absolute atomic E-state index is 0.215. The highest BCUT2D eigenvalue weighted by atomic mass is 16.5. The number of nitrogens with one attached hydrogen (secondary N) is 2. The second-order valence-electron chi connectivity index (χ2n) is 11.5. The number of benzene rings is 1. The second-order valence-corrected chi connectivity index (χ2v) is 11.5. The van der Waals surface area contributed by atoms with Gasteiger partial charge in [-0.15, -0.1) is 0 Å². The number of pyridine rings is 1. The molecule has 7 rings (SSSR count). The number of hydrogen-bond donors (Lipinski definition) is 2. The Morgan fingerprint density at radius 2 is 1.98 bits per heavy atom. The van der Waals surface area contributed by atoms with Gasteiger partial charge in [0, 0.05) is 30.5 Å². The van der Waals surface area contributed by atoms with E-state index in [4.69, 9.17) is 19.4 Å². The Morgan fingerprint density at radius 1 is 1.10 bits per heavy atom. The molecule has 2 N–H and O–H groups in total. The van der Waals surface area contributed by atoms with Gasteiger partial charge >= 0.3 is 0 Å². The van der Waals surface area contributed by atoms with Crippen molar-refractivity contribution in [2.75, 3.05) is 30.5 Å². The molecule has 0 spiro atoms. The Hall–Kier alpha value is -3.92. The Balaban J connectivity index is 1.29. The molecule has 1 saturated carbocycles. The lowest BCUT2D eigenvalue weighted by Gasteiger charge is -2.27. The van der Waals surface area contributed by atoms with E-state index in [0.29, 0.717) is 54.9 Å². The molecule has 2 fully saturated rings. The molecule has 2 bridgehead atoms. The molecule has 40 heavy (non-hydrogen) atoms. The summed E-state index contributed by atoms with van der Waals surface area (Å²) in [6.45, 7) is 4.72. The zero-order valence-electron chi connectivity index (χ0n) is 23.0. The molecule has 1 atom stereocenters. The first kappa shape index (κ1) is 25.1. The third-order valence-corrected chi connectivity index (χ3v) is 8.16. The van der Waals surface area contributed by atoms with Gasteiger partial charge < -0.3 is 19.4 Å². The third kappa shape index (κ3) is 5.03. The Morgan fingerprint density at radius 3 is 2.77 bits per heavy atom. The minimum atomic E-state index is -0.215. The van der Waals surface area contributed by atoms with E-state index >= 15 is 0 Å². The Kier molecular flexibility index (Phi) is 6.42. The van der Waals surface area contributed by atoms with Crippen LogP contribution in [-0.2, 0) is 18.3 Å². The van der Waals surface area contributed by atoms with Gasteiger partial charge in [0.1, 0.15) is 0 Å². The summed E-state index contributed by atoms with van der Waals surface area (Å²) in [5.41, 5.74) is 5.62. The average Bonchev–Trinajstić information content (AvgIpc) is 3.56. The lowest BCUT2D eigenvalue weighted by Crippen LogP contribution is -2.40. The van der Waals surface area contributed by atoms with E-state index in [2.05, 4.69) is 38.5 Å². The number of carbonyl (C=O) groups excluding carboxylic acids is 1. The van der Waals surface area contributed by atoms with Crippen molar-refractivity contribution in [1.29, 1.82) is 0 Å². The topological polar surface area (TPSA) is 108 Å². The molecule has 3 aliphatic rings. The Labute approximate surface area is 233 Å². The van der Waals surface area contributed by atoms with Crippen molar-refractivity contribution in [1.82, 2.24) is 24.3 Å². The third-order valence-electron chi connectivity index (χ3n) is 8.16. The van der Waals surface area contributed by atoms with Crippen molar-refractivity contribution in [2.45, 2.75) is 51.6 Å². The van der Waals surface area contributed by atoms with Gasteiger partial charge in [0.05, 0.1) is 54.4 Å². The molecule has 10 nitrogen and oxygen atoms in total. The summed E-state index contributed by atoms with van der Waals surface area (Å²) in [5, 5.41) is 11.1. The van der Waals surface area contributed by atoms with Crippen LogP contribution in [0.4, 0.5) is 11.6 Å². The van der Waals surface area contributed by atoms with Crippen LogP contribution >= 0.6 is 0 Å². The summed E-state index contributed by atoms with van der Waals surface area (Å²) in [6, 6.07) is 10.2. The summed E-state index contributed by atoms with van der Waals surface area (Å²) < 4.78 is 15.5. The van der Waals surface area contributed by atoms with Crippen LogP contribution in [0.2, 0.25) is 0 Å². The number of fused-ring (bicyclic) bond motifs is 7. The maximum absolute atomic E-state index is 13.7. The van der Waals surface area contributed by atoms with Crippen LogP contribution in [-0.4, -0.2) is 56.1 Å². The molecule has 1 amide bonds. The standard InChI is InChI=1S/C30H35N7O3/c1-18-10-21-12-25(32-18)24-14-31-36(2)29(24)40-9-3-4-20(11-19-5-6-19)15-37-27-8-7-22(33-23-16-39-17-23)13-26(27)34-30(37)35-28(21)38/h7-8,10,12-14,19-20,23,33H,3-6,9,11,15-17H2,1-2H3,(H,34,35,38). The molecule has 3 aromatic heterocycles. The summed E-state index contributed by atoms with van der Waals surface area (Å²) in [5.74, 6) is 2.29. The smallest absolute Gasteiger partial charge is 0.258 e. The molecule has 1 aromatic carbocycles. The van der Waals surface area contributed by atoms with E-state index in [1.165, 1.54) is 19.3 Å². The predicted molar refractivity (Wildman–Crippen MR) is 153 cm³/mol. The molecule has 208 valence electrons. The van der Waals surface area contributed by atoms with Gasteiger partial charge in [0.15, 0.2) is 0 Å². The zero-order valence-corrected chi connectivity index (χ0v) is 23.0. The van der Waals surface area contributed by atoms with Crippen LogP contribution in [0.25, 0.3) is 22.3 Å². The molecule has 10 heteroatoms. The highest BCUT2D eigenvalue weighted by Crippen LogP contribution is 2.38. The van der Waals surface area contributed by atoms with Crippen molar-refractivity contribution in [3.8, 4) is 17.1 Å². The van der Waals surface area contributed by atoms with Gasteiger partial charge in [-0.2, -0.15) is 5.10 Å². The normalized spacial score (nSPS) is 19.9. The molecule has 1 saturated heterocycles. The van der Waals surface area contributed by atoms with Crippen LogP contribution in [0.3, 0.4) is 0 Å². The first-order valence-corrected chi connectivity index (χ1v) is 14.3. The van der Waals surface area contributed by atoms with Crippen molar-refractivity contribution in [2.24, 2.45) is 18.9 Å². The minimum Gasteiger partial charge on any atom is -0.477 e. The molecule has 0 radical (unpaired) electrons. The van der Waals surface area contributed by atoms with E-state index in [9.17, 15) is 4.79 Å². The lowest BCUT2D eigenvalue weighted by atomic mass is 9.96.